The van der Waals surface area contributed by atoms with Gasteiger partial charge in [0.05, 0.1) is 0 Å². The van der Waals surface area contributed by atoms with Crippen LogP contribution in [-0.4, -0.2) is 24.5 Å². The number of carbonyl (C=O) groups excluding carboxylic acids is 3. The highest BCUT2D eigenvalue weighted by Crippen LogP contribution is 2.16. The molecule has 0 aliphatic heterocycles. The molecule has 0 saturated heterocycles. The van der Waals surface area contributed by atoms with Crippen LogP contribution in [0.2, 0.25) is 0 Å². The lowest BCUT2D eigenvalue weighted by Gasteiger charge is -2.07. The van der Waals surface area contributed by atoms with E-state index in [1.807, 2.05) is 19.2 Å². The van der Waals surface area contributed by atoms with Crippen LogP contribution < -0.4 is 10.6 Å². The molecule has 0 radical (unpaired) electrons. The van der Waals surface area contributed by atoms with Crippen LogP contribution in [-0.2, 0) is 9.59 Å². The van der Waals surface area contributed by atoms with Gasteiger partial charge in [-0.2, -0.15) is 0 Å². The summed E-state index contributed by atoms with van der Waals surface area (Å²) in [5, 5.41) is 5.73. The Labute approximate surface area is 158 Å². The Morgan fingerprint density at radius 1 is 0.852 bits per heavy atom. The summed E-state index contributed by atoms with van der Waals surface area (Å²) in [6, 6.07) is 13.9. The van der Waals surface area contributed by atoms with Crippen LogP contribution in [0.1, 0.15) is 29.8 Å². The molecule has 0 aromatic heterocycles. The summed E-state index contributed by atoms with van der Waals surface area (Å²) in [5.41, 5.74) is 3.26. The predicted octanol–water partition coefficient (Wildman–Crippen LogP) is 3.99. The van der Waals surface area contributed by atoms with E-state index in [9.17, 15) is 14.4 Å². The fourth-order valence-corrected chi connectivity index (χ4v) is 2.32. The average molecular weight is 362 g/mol. The van der Waals surface area contributed by atoms with E-state index in [4.69, 9.17) is 0 Å². The molecule has 0 saturated carbocycles. The molecule has 2 rings (SSSR count). The quantitative estimate of drug-likeness (QED) is 0.444. The fourth-order valence-electron chi connectivity index (χ4n) is 2.32. The van der Waals surface area contributed by atoms with Gasteiger partial charge in [-0.05, 0) is 68.5 Å². The first-order valence-corrected chi connectivity index (χ1v) is 8.44. The average Bonchev–Trinajstić information content (AvgIpc) is 2.67. The van der Waals surface area contributed by atoms with Crippen molar-refractivity contribution in [3.8, 4) is 0 Å². The van der Waals surface area contributed by atoms with Gasteiger partial charge in [0.15, 0.2) is 11.6 Å². The lowest BCUT2D eigenvalue weighted by atomic mass is 10.0. The van der Waals surface area contributed by atoms with Crippen LogP contribution in [0, 0.1) is 0 Å². The van der Waals surface area contributed by atoms with E-state index in [1.54, 1.807) is 43.3 Å². The van der Waals surface area contributed by atoms with Gasteiger partial charge in [-0.15, -0.1) is 0 Å². The third kappa shape index (κ3) is 5.25. The molecule has 0 fully saturated rings. The van der Waals surface area contributed by atoms with E-state index in [0.717, 1.165) is 5.69 Å². The molecule has 1 amide bonds. The maximum absolute atomic E-state index is 12.5. The molecule has 0 atom stereocenters. The Bertz CT molecular complexity index is 908. The molecule has 0 heterocycles. The highest BCUT2D eigenvalue weighted by Gasteiger charge is 2.10. The Morgan fingerprint density at radius 3 is 1.78 bits per heavy atom. The summed E-state index contributed by atoms with van der Waals surface area (Å²) in [5.74, 6) is -0.615. The van der Waals surface area contributed by atoms with Crippen LogP contribution in [0.3, 0.4) is 0 Å². The lowest BCUT2D eigenvalue weighted by Crippen LogP contribution is -2.13. The summed E-state index contributed by atoms with van der Waals surface area (Å²) in [6.45, 7) is 6.61. The third-order valence-electron chi connectivity index (χ3n) is 4.04. The van der Waals surface area contributed by atoms with Crippen LogP contribution in [0.25, 0.3) is 0 Å². The molecule has 2 N–H and O–H groups in total. The zero-order valence-electron chi connectivity index (χ0n) is 15.6. The molecule has 138 valence electrons. The van der Waals surface area contributed by atoms with E-state index in [1.165, 1.54) is 13.0 Å². The molecular formula is C22H22N2O3. The second-order valence-corrected chi connectivity index (χ2v) is 6.10. The van der Waals surface area contributed by atoms with Crippen molar-refractivity contribution in [1.29, 1.82) is 0 Å². The SMILES string of the molecule is C=C(C=C(C)C(=O)Nc1ccc(C(=O)c2ccc(NC)cc2)cc1)C(C)=O. The number of ketones is 2. The number of benzene rings is 2. The van der Waals surface area contributed by atoms with Crippen LogP contribution in [0.5, 0.6) is 0 Å². The molecule has 0 aliphatic rings. The van der Waals surface area contributed by atoms with Gasteiger partial charge in [0.1, 0.15) is 0 Å². The highest BCUT2D eigenvalue weighted by molar-refractivity contribution is 6.10. The summed E-state index contributed by atoms with van der Waals surface area (Å²) < 4.78 is 0. The molecule has 0 bridgehead atoms. The standard InChI is InChI=1S/C22H22N2O3/c1-14(16(3)25)13-15(2)22(27)24-20-11-7-18(8-12-20)21(26)17-5-9-19(23-4)10-6-17/h5-13,23H,1H2,2-4H3,(H,24,27). The summed E-state index contributed by atoms with van der Waals surface area (Å²) in [7, 11) is 1.82. The topological polar surface area (TPSA) is 75.3 Å². The minimum atomic E-state index is -0.334. The molecule has 27 heavy (non-hydrogen) atoms. The molecule has 0 aliphatic carbocycles. The van der Waals surface area contributed by atoms with Crippen molar-refractivity contribution in [1.82, 2.24) is 0 Å². The first-order valence-electron chi connectivity index (χ1n) is 8.44. The van der Waals surface area contributed by atoms with Crippen molar-refractivity contribution in [3.63, 3.8) is 0 Å². The highest BCUT2D eigenvalue weighted by atomic mass is 16.2. The van der Waals surface area contributed by atoms with Gasteiger partial charge in [-0.3, -0.25) is 14.4 Å². The van der Waals surface area contributed by atoms with Gasteiger partial charge in [0.2, 0.25) is 0 Å². The number of Topliss-reactive ketones (excluding diaryl/α,β-unsaturated/α-hetero) is 1. The van der Waals surface area contributed by atoms with Gasteiger partial charge < -0.3 is 10.6 Å². The summed E-state index contributed by atoms with van der Waals surface area (Å²) in [4.78, 5) is 35.9. The molecule has 2 aromatic carbocycles. The number of hydrogen-bond acceptors (Lipinski definition) is 4. The van der Waals surface area contributed by atoms with E-state index >= 15 is 0 Å². The normalized spacial score (nSPS) is 10.9. The molecular weight excluding hydrogens is 340 g/mol. The van der Waals surface area contributed by atoms with Crippen molar-refractivity contribution < 1.29 is 14.4 Å². The number of anilines is 2. The first-order chi connectivity index (χ1) is 12.8. The van der Waals surface area contributed by atoms with E-state index in [2.05, 4.69) is 17.2 Å². The number of allylic oxidation sites excluding steroid dienone is 2. The van der Waals surface area contributed by atoms with E-state index in [0.29, 0.717) is 22.4 Å². The monoisotopic (exact) mass is 362 g/mol. The minimum absolute atomic E-state index is 0.0932. The molecule has 0 unspecified atom stereocenters. The third-order valence-corrected chi connectivity index (χ3v) is 4.04. The largest absolute Gasteiger partial charge is 0.388 e. The predicted molar refractivity (Wildman–Crippen MR) is 108 cm³/mol. The summed E-state index contributed by atoms with van der Waals surface area (Å²) >= 11 is 0. The lowest BCUT2D eigenvalue weighted by molar-refractivity contribution is -0.113. The smallest absolute Gasteiger partial charge is 0.251 e. The number of rotatable bonds is 7. The van der Waals surface area contributed by atoms with Crippen LogP contribution in [0.4, 0.5) is 11.4 Å². The maximum Gasteiger partial charge on any atom is 0.251 e. The number of carbonyl (C=O) groups is 3. The van der Waals surface area contributed by atoms with Gasteiger partial charge in [-0.1, -0.05) is 6.58 Å². The van der Waals surface area contributed by atoms with Crippen LogP contribution in [0.15, 0.2) is 72.3 Å². The maximum atomic E-state index is 12.5. The zero-order chi connectivity index (χ0) is 20.0. The minimum Gasteiger partial charge on any atom is -0.388 e. The molecule has 5 heteroatoms. The van der Waals surface area contributed by atoms with Crippen molar-refractivity contribution in [2.45, 2.75) is 13.8 Å². The van der Waals surface area contributed by atoms with Gasteiger partial charge in [0.25, 0.3) is 5.91 Å². The Kier molecular flexibility index (Phi) is 6.44. The zero-order valence-corrected chi connectivity index (χ0v) is 15.6. The Morgan fingerprint density at radius 2 is 1.33 bits per heavy atom. The second-order valence-electron chi connectivity index (χ2n) is 6.10. The van der Waals surface area contributed by atoms with Crippen molar-refractivity contribution in [2.75, 3.05) is 17.7 Å². The number of amides is 1. The number of hydrogen-bond donors (Lipinski definition) is 2. The Hall–Kier alpha value is -3.47. The first kappa shape index (κ1) is 19.8. The van der Waals surface area contributed by atoms with Crippen LogP contribution >= 0.6 is 0 Å². The number of nitrogens with one attached hydrogen (secondary N) is 2. The van der Waals surface area contributed by atoms with Gasteiger partial charge in [-0.25, -0.2) is 0 Å². The second kappa shape index (κ2) is 8.76. The molecule has 0 spiro atoms. The van der Waals surface area contributed by atoms with E-state index < -0.39 is 0 Å². The van der Waals surface area contributed by atoms with Gasteiger partial charge in [0, 0.05) is 40.7 Å². The van der Waals surface area contributed by atoms with Crippen molar-refractivity contribution in [2.24, 2.45) is 0 Å². The van der Waals surface area contributed by atoms with E-state index in [-0.39, 0.29) is 23.0 Å². The van der Waals surface area contributed by atoms with Crippen molar-refractivity contribution in [3.05, 3.63) is 83.5 Å². The fraction of sp³-hybridized carbons (Fsp3) is 0.136. The van der Waals surface area contributed by atoms with Gasteiger partial charge >= 0.3 is 0 Å². The molecule has 5 nitrogen and oxygen atoms in total. The summed E-state index contributed by atoms with van der Waals surface area (Å²) in [6.07, 6.45) is 1.45. The molecule has 2 aromatic rings. The Balaban J connectivity index is 2.08. The van der Waals surface area contributed by atoms with Crippen molar-refractivity contribution >= 4 is 28.8 Å².